The van der Waals surface area contributed by atoms with Crippen LogP contribution in [0, 0.1) is 0 Å². The summed E-state index contributed by atoms with van der Waals surface area (Å²) in [5.41, 5.74) is 15.3. The molecule has 2 aliphatic heterocycles. The quantitative estimate of drug-likeness (QED) is 0.0291. The molecule has 96 heavy (non-hydrogen) atoms. The van der Waals surface area contributed by atoms with Gasteiger partial charge >= 0.3 is 0 Å². The maximum Gasteiger partial charge on any atom is 0.119 e. The minimum Gasteiger partial charge on any atom is -0.494 e. The van der Waals surface area contributed by atoms with Crippen molar-refractivity contribution in [2.24, 2.45) is 0 Å². The molecule has 8 nitrogen and oxygen atoms in total. The predicted octanol–water partition coefficient (Wildman–Crippen LogP) is 26.1. The highest BCUT2D eigenvalue weighted by Gasteiger charge is 2.20. The largest absolute Gasteiger partial charge is 0.494 e. The number of rotatable bonds is 48. The van der Waals surface area contributed by atoms with E-state index in [1.54, 1.807) is 0 Å². The molecule has 506 valence electrons. The van der Waals surface area contributed by atoms with Crippen molar-refractivity contribution in [3.63, 3.8) is 0 Å². The van der Waals surface area contributed by atoms with Gasteiger partial charge < -0.3 is 28.9 Å². The van der Waals surface area contributed by atoms with Crippen molar-refractivity contribution in [1.29, 1.82) is 0 Å². The number of nitrogens with zero attached hydrogens (tertiary/aromatic N) is 2. The zero-order valence-corrected chi connectivity index (χ0v) is 58.0. The van der Waals surface area contributed by atoms with E-state index in [1.807, 2.05) is 24.3 Å². The molecule has 9 rings (SSSR count). The van der Waals surface area contributed by atoms with Crippen molar-refractivity contribution in [3.8, 4) is 67.5 Å². The van der Waals surface area contributed by atoms with Gasteiger partial charge in [-0.15, -0.1) is 26.3 Å². The van der Waals surface area contributed by atoms with Gasteiger partial charge in [0.25, 0.3) is 0 Å². The van der Waals surface area contributed by atoms with Crippen LogP contribution in [-0.2, 0) is 0 Å². The second kappa shape index (κ2) is 41.6. The van der Waals surface area contributed by atoms with Crippen molar-refractivity contribution in [3.05, 3.63) is 195 Å². The van der Waals surface area contributed by atoms with Gasteiger partial charge in [0.15, 0.2) is 0 Å². The first-order valence-electron chi connectivity index (χ1n) is 37.1. The molecule has 0 amide bonds. The third-order valence-corrected chi connectivity index (χ3v) is 18.6. The van der Waals surface area contributed by atoms with Crippen LogP contribution < -0.4 is 18.9 Å². The van der Waals surface area contributed by atoms with E-state index in [0.717, 1.165) is 164 Å². The van der Waals surface area contributed by atoms with Gasteiger partial charge in [-0.05, 0) is 196 Å². The zero-order chi connectivity index (χ0) is 66.5. The number of H-pyrrole nitrogens is 2. The lowest BCUT2D eigenvalue weighted by Gasteiger charge is -2.10. The number of hydrogen-bond acceptors (Lipinski definition) is 6. The van der Waals surface area contributed by atoms with Gasteiger partial charge in [-0.3, -0.25) is 0 Å². The Hall–Kier alpha value is -8.36. The molecule has 0 unspecified atom stereocenters. The lowest BCUT2D eigenvalue weighted by Crippen LogP contribution is -1.97. The number of ether oxygens (including phenoxy) is 4. The van der Waals surface area contributed by atoms with E-state index in [-0.39, 0.29) is 0 Å². The number of unbranched alkanes of at least 4 members (excludes halogenated alkanes) is 28. The third kappa shape index (κ3) is 22.9. The van der Waals surface area contributed by atoms with Crippen LogP contribution in [0.4, 0.5) is 0 Å². The second-order valence-corrected chi connectivity index (χ2v) is 26.2. The van der Waals surface area contributed by atoms with Crippen molar-refractivity contribution >= 4 is 46.4 Å². The topological polar surface area (TPSA) is 94.3 Å². The third-order valence-electron chi connectivity index (χ3n) is 18.6. The van der Waals surface area contributed by atoms with Gasteiger partial charge in [0.05, 0.1) is 49.2 Å². The number of nitrogens with one attached hydrogen (secondary N) is 2. The van der Waals surface area contributed by atoms with Gasteiger partial charge in [0.2, 0.25) is 0 Å². The highest BCUT2D eigenvalue weighted by molar-refractivity contribution is 6.00. The van der Waals surface area contributed by atoms with Crippen molar-refractivity contribution in [1.82, 2.24) is 19.9 Å². The summed E-state index contributed by atoms with van der Waals surface area (Å²) in [5.74, 6) is 3.47. The molecule has 3 aromatic heterocycles. The molecular weight excluding hydrogens is 1180 g/mol. The standard InChI is InChI=1S/C88H110N4O4/c1-5-9-13-17-21-25-29-33-37-65-93-73-49-41-69(42-50-73)85-77-57-59-79(89-77)86(70-43-51-74(52-44-70)94-66-38-34-30-26-22-18-14-10-6-2)81-61-63-83(91-81)88(72-47-55-76(56-48-72)96-68-40-36-32-28-24-20-16-12-8-4)84-64-62-82(92-84)87(80-60-58-78(85)90-80)71-45-53-75(54-46-71)95-67-39-35-31-27-23-19-15-11-7-3/h5-8,41-64,89,92H,1-4,9-40,65-68H2. The predicted molar refractivity (Wildman–Crippen MR) is 411 cm³/mol. The fourth-order valence-corrected chi connectivity index (χ4v) is 13.2. The molecule has 7 aromatic rings. The Morgan fingerprint density at radius 3 is 0.625 bits per heavy atom. The van der Waals surface area contributed by atoms with E-state index < -0.39 is 0 Å². The number of benzene rings is 4. The number of allylic oxidation sites excluding steroid dienone is 4. The molecule has 2 N–H and O–H groups in total. The maximum atomic E-state index is 6.39. The summed E-state index contributed by atoms with van der Waals surface area (Å²) in [6.45, 7) is 18.3. The first-order valence-corrected chi connectivity index (χ1v) is 37.1. The van der Waals surface area contributed by atoms with Crippen LogP contribution in [0.25, 0.3) is 90.9 Å². The summed E-state index contributed by atoms with van der Waals surface area (Å²) in [7, 11) is 0. The molecule has 2 aliphatic rings. The molecule has 0 radical (unpaired) electrons. The number of aromatic nitrogens is 4. The molecule has 0 saturated heterocycles. The summed E-state index contributed by atoms with van der Waals surface area (Å²) >= 11 is 0. The maximum absolute atomic E-state index is 6.39. The van der Waals surface area contributed by atoms with Crippen LogP contribution in [0.15, 0.2) is 172 Å². The summed E-state index contributed by atoms with van der Waals surface area (Å²) in [6.07, 6.45) is 55.4. The highest BCUT2D eigenvalue weighted by Crippen LogP contribution is 2.40. The Balaban J connectivity index is 1.08. The summed E-state index contributed by atoms with van der Waals surface area (Å²) < 4.78 is 25.6. The monoisotopic (exact) mass is 1290 g/mol. The van der Waals surface area contributed by atoms with Crippen LogP contribution >= 0.6 is 0 Å². The minimum atomic E-state index is 0.697. The van der Waals surface area contributed by atoms with Gasteiger partial charge in [-0.2, -0.15) is 0 Å². The molecule has 8 heteroatoms. The average molecular weight is 1290 g/mol. The Kier molecular flexibility index (Phi) is 31.1. The molecule has 8 bridgehead atoms. The molecule has 4 aromatic carbocycles. The molecule has 0 fully saturated rings. The summed E-state index contributed by atoms with van der Waals surface area (Å²) in [4.78, 5) is 19.2. The summed E-state index contributed by atoms with van der Waals surface area (Å²) in [5, 5.41) is 0. The molecule has 0 saturated carbocycles. The first-order chi connectivity index (χ1) is 47.5. The Morgan fingerprint density at radius 2 is 0.427 bits per heavy atom. The normalized spacial score (nSPS) is 11.7. The van der Waals surface area contributed by atoms with E-state index in [2.05, 4.69) is 182 Å². The lowest BCUT2D eigenvalue weighted by molar-refractivity contribution is 0.304. The summed E-state index contributed by atoms with van der Waals surface area (Å²) in [6, 6.07) is 43.1. The first kappa shape index (κ1) is 71.9. The Bertz CT molecular complexity index is 3220. The second-order valence-electron chi connectivity index (χ2n) is 26.2. The van der Waals surface area contributed by atoms with Crippen molar-refractivity contribution in [2.45, 2.75) is 205 Å². The number of aromatic amines is 2. The van der Waals surface area contributed by atoms with Gasteiger partial charge in [0, 0.05) is 44.3 Å². The van der Waals surface area contributed by atoms with Gasteiger partial charge in [-0.25, -0.2) is 9.97 Å². The van der Waals surface area contributed by atoms with E-state index in [4.69, 9.17) is 28.9 Å². The highest BCUT2D eigenvalue weighted by atomic mass is 16.5. The van der Waals surface area contributed by atoms with Gasteiger partial charge in [-0.1, -0.05) is 201 Å². The fraction of sp³-hybridized carbons (Fsp3) is 0.409. The SMILES string of the molecule is C=CCCCCCCCCCOc1ccc(-c2c3nc(c(-c4ccc(OCCCCCCCCCC=C)cc4)c4ccc([nH]4)c(-c4ccc(OCCCCCCCCCC=C)cc4)c4nc(c(-c5ccc(OCCCCCCCCCC=C)cc5)c5ccc2[nH]5)C=C4)C=C3)cc1. The number of hydrogen-bond donors (Lipinski definition) is 2. The minimum absolute atomic E-state index is 0.697. The zero-order valence-electron chi connectivity index (χ0n) is 58.0. The Morgan fingerprint density at radius 1 is 0.240 bits per heavy atom. The smallest absolute Gasteiger partial charge is 0.119 e. The van der Waals surface area contributed by atoms with Crippen LogP contribution in [-0.4, -0.2) is 46.4 Å². The van der Waals surface area contributed by atoms with E-state index in [9.17, 15) is 0 Å². The van der Waals surface area contributed by atoms with Gasteiger partial charge in [0.1, 0.15) is 23.0 Å². The fourth-order valence-electron chi connectivity index (χ4n) is 13.2. The number of fused-ring (bicyclic) bond motifs is 8. The van der Waals surface area contributed by atoms with Crippen LogP contribution in [0.1, 0.15) is 228 Å². The molecule has 5 heterocycles. The molecular formula is C88H110N4O4. The van der Waals surface area contributed by atoms with E-state index >= 15 is 0 Å². The van der Waals surface area contributed by atoms with E-state index in [0.29, 0.717) is 26.4 Å². The molecule has 0 aliphatic carbocycles. The van der Waals surface area contributed by atoms with Crippen LogP contribution in [0.5, 0.6) is 23.0 Å². The van der Waals surface area contributed by atoms with Crippen LogP contribution in [0.2, 0.25) is 0 Å². The van der Waals surface area contributed by atoms with Crippen LogP contribution in [0.3, 0.4) is 0 Å². The van der Waals surface area contributed by atoms with Crippen molar-refractivity contribution < 1.29 is 18.9 Å². The lowest BCUT2D eigenvalue weighted by atomic mass is 10.0. The average Bonchev–Trinajstić information content (AvgIpc) is 1.61. The molecule has 0 atom stereocenters. The Labute approximate surface area is 576 Å². The van der Waals surface area contributed by atoms with E-state index in [1.165, 1.54) is 154 Å². The van der Waals surface area contributed by atoms with Crippen molar-refractivity contribution in [2.75, 3.05) is 26.4 Å². The molecule has 0 spiro atoms.